The maximum absolute atomic E-state index is 5.70. The first-order chi connectivity index (χ1) is 5.25. The number of aromatic nitrogens is 2. The van der Waals surface area contributed by atoms with Crippen LogP contribution in [-0.4, -0.2) is 9.97 Å². The number of hydrogen-bond donors (Lipinski definition) is 0. The zero-order valence-electron chi connectivity index (χ0n) is 5.84. The highest BCUT2D eigenvalue weighted by Crippen LogP contribution is 2.24. The highest BCUT2D eigenvalue weighted by Gasteiger charge is 2.01. The van der Waals surface area contributed by atoms with Crippen LogP contribution in [0.4, 0.5) is 0 Å². The number of aryl methyl sites for hydroxylation is 1. The minimum atomic E-state index is 0.554. The molecular weight excluding hydrogens is 180 g/mol. The van der Waals surface area contributed by atoms with Crippen LogP contribution in [0.15, 0.2) is 12.3 Å². The summed E-state index contributed by atoms with van der Waals surface area (Å²) in [6, 6.07) is 2.03. The fourth-order valence-electron chi connectivity index (χ4n) is 0.891. The number of rotatable bonds is 0. The molecule has 0 aliphatic heterocycles. The van der Waals surface area contributed by atoms with E-state index in [2.05, 4.69) is 9.97 Å². The van der Waals surface area contributed by atoms with E-state index in [1.54, 1.807) is 6.20 Å². The Morgan fingerprint density at radius 3 is 3.18 bits per heavy atom. The van der Waals surface area contributed by atoms with Gasteiger partial charge in [-0.1, -0.05) is 11.6 Å². The summed E-state index contributed by atoms with van der Waals surface area (Å²) >= 11 is 7.16. The first-order valence-electron chi connectivity index (χ1n) is 3.14. The second kappa shape index (κ2) is 2.43. The predicted octanol–water partition coefficient (Wildman–Crippen LogP) is 2.65. The highest BCUT2D eigenvalue weighted by atomic mass is 35.5. The Morgan fingerprint density at radius 2 is 2.36 bits per heavy atom. The number of halogens is 1. The van der Waals surface area contributed by atoms with Crippen LogP contribution < -0.4 is 0 Å². The third kappa shape index (κ3) is 1.21. The summed E-state index contributed by atoms with van der Waals surface area (Å²) < 4.78 is 1.60. The van der Waals surface area contributed by atoms with Crippen molar-refractivity contribution in [1.82, 2.24) is 9.97 Å². The lowest BCUT2D eigenvalue weighted by Gasteiger charge is -1.87. The fraction of sp³-hybridized carbons (Fsp3) is 0.143. The van der Waals surface area contributed by atoms with Crippen molar-refractivity contribution in [1.29, 1.82) is 0 Å². The lowest BCUT2D eigenvalue weighted by Crippen LogP contribution is -1.76. The van der Waals surface area contributed by atoms with Crippen LogP contribution in [0.5, 0.6) is 0 Å². The van der Waals surface area contributed by atoms with Crippen molar-refractivity contribution in [2.24, 2.45) is 0 Å². The summed E-state index contributed by atoms with van der Waals surface area (Å²) in [4.78, 5) is 8.14. The first kappa shape index (κ1) is 7.00. The van der Waals surface area contributed by atoms with Crippen molar-refractivity contribution >= 4 is 33.3 Å². The van der Waals surface area contributed by atoms with Gasteiger partial charge in [-0.15, -0.1) is 11.3 Å². The predicted molar refractivity (Wildman–Crippen MR) is 47.2 cm³/mol. The van der Waals surface area contributed by atoms with E-state index in [4.69, 9.17) is 11.6 Å². The minimum absolute atomic E-state index is 0.554. The van der Waals surface area contributed by atoms with E-state index in [9.17, 15) is 0 Å². The standard InChI is InChI=1S/C7H5ClN2S/c1-4-2-5-6(9-3-4)10-7(8)11-5/h2-3H,1H3. The van der Waals surface area contributed by atoms with Crippen LogP contribution in [-0.2, 0) is 0 Å². The lowest BCUT2D eigenvalue weighted by molar-refractivity contribution is 1.29. The van der Waals surface area contributed by atoms with E-state index in [0.717, 1.165) is 15.9 Å². The molecule has 0 unspecified atom stereocenters. The molecule has 0 saturated carbocycles. The van der Waals surface area contributed by atoms with Crippen molar-refractivity contribution in [3.05, 3.63) is 22.3 Å². The van der Waals surface area contributed by atoms with Crippen LogP contribution in [0.1, 0.15) is 5.56 Å². The summed E-state index contributed by atoms with van der Waals surface area (Å²) in [5.74, 6) is 0. The summed E-state index contributed by atoms with van der Waals surface area (Å²) in [5, 5.41) is 0. The Balaban J connectivity index is 2.82. The maximum Gasteiger partial charge on any atom is 0.186 e. The summed E-state index contributed by atoms with van der Waals surface area (Å²) in [7, 11) is 0. The van der Waals surface area contributed by atoms with Crippen LogP contribution in [0.2, 0.25) is 4.47 Å². The molecule has 2 nitrogen and oxygen atoms in total. The molecule has 0 amide bonds. The number of pyridine rings is 1. The SMILES string of the molecule is Cc1cnc2nc(Cl)sc2c1. The molecule has 0 spiro atoms. The molecule has 0 fully saturated rings. The Kier molecular flexibility index (Phi) is 1.55. The van der Waals surface area contributed by atoms with Crippen LogP contribution in [0, 0.1) is 6.92 Å². The summed E-state index contributed by atoms with van der Waals surface area (Å²) in [5.41, 5.74) is 1.88. The van der Waals surface area contributed by atoms with Gasteiger partial charge in [-0.3, -0.25) is 0 Å². The quantitative estimate of drug-likeness (QED) is 0.629. The van der Waals surface area contributed by atoms with Crippen molar-refractivity contribution in [3.63, 3.8) is 0 Å². The Bertz CT molecular complexity index is 396. The zero-order chi connectivity index (χ0) is 7.84. The minimum Gasteiger partial charge on any atom is -0.236 e. The molecule has 2 aromatic heterocycles. The molecule has 0 atom stereocenters. The molecule has 0 bridgehead atoms. The molecule has 11 heavy (non-hydrogen) atoms. The Morgan fingerprint density at radius 1 is 1.55 bits per heavy atom. The van der Waals surface area contributed by atoms with E-state index < -0.39 is 0 Å². The molecule has 0 aliphatic rings. The second-order valence-electron chi connectivity index (χ2n) is 2.30. The van der Waals surface area contributed by atoms with Crippen LogP contribution in [0.25, 0.3) is 10.3 Å². The summed E-state index contributed by atoms with van der Waals surface area (Å²) in [6.07, 6.45) is 1.79. The van der Waals surface area contributed by atoms with Gasteiger partial charge in [-0.2, -0.15) is 0 Å². The molecule has 0 saturated heterocycles. The first-order valence-corrected chi connectivity index (χ1v) is 4.34. The van der Waals surface area contributed by atoms with Gasteiger partial charge >= 0.3 is 0 Å². The number of hydrogen-bond acceptors (Lipinski definition) is 3. The van der Waals surface area contributed by atoms with Gasteiger partial charge in [-0.05, 0) is 18.6 Å². The monoisotopic (exact) mass is 184 g/mol. The third-order valence-electron chi connectivity index (χ3n) is 1.36. The molecule has 0 aliphatic carbocycles. The van der Waals surface area contributed by atoms with Gasteiger partial charge in [-0.25, -0.2) is 9.97 Å². The Hall–Kier alpha value is -0.670. The van der Waals surface area contributed by atoms with Gasteiger partial charge in [0.05, 0.1) is 4.70 Å². The van der Waals surface area contributed by atoms with Crippen LogP contribution in [0.3, 0.4) is 0 Å². The van der Waals surface area contributed by atoms with Gasteiger partial charge in [0.15, 0.2) is 10.1 Å². The maximum atomic E-state index is 5.70. The second-order valence-corrected chi connectivity index (χ2v) is 3.91. The van der Waals surface area contributed by atoms with Crippen molar-refractivity contribution in [2.45, 2.75) is 6.92 Å². The molecule has 0 radical (unpaired) electrons. The average Bonchev–Trinajstić information content (AvgIpc) is 2.27. The van der Waals surface area contributed by atoms with E-state index in [1.807, 2.05) is 13.0 Å². The molecular formula is C7H5ClN2S. The summed E-state index contributed by atoms with van der Waals surface area (Å²) in [6.45, 7) is 2.00. The molecule has 2 heterocycles. The highest BCUT2D eigenvalue weighted by molar-refractivity contribution is 7.22. The van der Waals surface area contributed by atoms with Gasteiger partial charge in [0.2, 0.25) is 0 Å². The van der Waals surface area contributed by atoms with Gasteiger partial charge in [0.25, 0.3) is 0 Å². The van der Waals surface area contributed by atoms with Crippen molar-refractivity contribution < 1.29 is 0 Å². The molecule has 2 aromatic rings. The number of thiazole rings is 1. The number of fused-ring (bicyclic) bond motifs is 1. The fourth-order valence-corrected chi connectivity index (χ4v) is 1.97. The average molecular weight is 185 g/mol. The molecule has 2 rings (SSSR count). The number of nitrogens with zero attached hydrogens (tertiary/aromatic N) is 2. The van der Waals surface area contributed by atoms with E-state index in [-0.39, 0.29) is 0 Å². The molecule has 0 aromatic carbocycles. The van der Waals surface area contributed by atoms with E-state index in [0.29, 0.717) is 4.47 Å². The third-order valence-corrected chi connectivity index (χ3v) is 2.45. The van der Waals surface area contributed by atoms with Crippen molar-refractivity contribution in [2.75, 3.05) is 0 Å². The lowest BCUT2D eigenvalue weighted by atomic mass is 10.3. The van der Waals surface area contributed by atoms with Gasteiger partial charge in [0.1, 0.15) is 0 Å². The zero-order valence-corrected chi connectivity index (χ0v) is 7.41. The van der Waals surface area contributed by atoms with Crippen molar-refractivity contribution in [3.8, 4) is 0 Å². The van der Waals surface area contributed by atoms with Gasteiger partial charge in [0, 0.05) is 6.20 Å². The molecule has 56 valence electrons. The van der Waals surface area contributed by atoms with Crippen LogP contribution >= 0.6 is 22.9 Å². The molecule has 4 heteroatoms. The smallest absolute Gasteiger partial charge is 0.186 e. The van der Waals surface area contributed by atoms with E-state index >= 15 is 0 Å². The Labute approximate surface area is 72.9 Å². The van der Waals surface area contributed by atoms with Gasteiger partial charge < -0.3 is 0 Å². The topological polar surface area (TPSA) is 25.8 Å². The molecule has 0 N–H and O–H groups in total. The van der Waals surface area contributed by atoms with E-state index in [1.165, 1.54) is 11.3 Å². The normalized spacial score (nSPS) is 10.7. The largest absolute Gasteiger partial charge is 0.236 e.